The van der Waals surface area contributed by atoms with Crippen LogP contribution in [0.4, 0.5) is 18.9 Å². The fourth-order valence-electron chi connectivity index (χ4n) is 2.88. The first kappa shape index (κ1) is 17.7. The molecule has 0 bridgehead atoms. The predicted molar refractivity (Wildman–Crippen MR) is 88.9 cm³/mol. The lowest BCUT2D eigenvalue weighted by Crippen LogP contribution is -2.21. The second-order valence-corrected chi connectivity index (χ2v) is 6.28. The molecular weight excluding hydrogens is 331 g/mol. The number of aliphatic hydroxyl groups excluding tert-OH is 1. The minimum atomic E-state index is -4.44. The summed E-state index contributed by atoms with van der Waals surface area (Å²) in [6.07, 6.45) is -2.71. The highest BCUT2D eigenvalue weighted by atomic mass is 19.4. The van der Waals surface area contributed by atoms with E-state index < -0.39 is 11.9 Å². The standard InChI is InChI=1S/C18H20F3N3O/c19-18(20,21)17-9-15(5-7-22-17)23-10-13-1-3-14(4-2-13)11-24-8-6-16(25)12-24/h1-5,7,9,16,25H,6,8,10-12H2,(H,22,23). The second kappa shape index (κ2) is 7.41. The minimum Gasteiger partial charge on any atom is -0.392 e. The van der Waals surface area contributed by atoms with Crippen LogP contribution in [0, 0.1) is 0 Å². The smallest absolute Gasteiger partial charge is 0.392 e. The van der Waals surface area contributed by atoms with Crippen molar-refractivity contribution in [2.24, 2.45) is 0 Å². The maximum atomic E-state index is 12.7. The van der Waals surface area contributed by atoms with Crippen molar-refractivity contribution in [3.05, 3.63) is 59.4 Å². The molecule has 0 saturated carbocycles. The molecule has 0 amide bonds. The Balaban J connectivity index is 1.55. The number of nitrogens with one attached hydrogen (secondary N) is 1. The van der Waals surface area contributed by atoms with Crippen molar-refractivity contribution in [3.8, 4) is 0 Å². The molecule has 0 spiro atoms. The summed E-state index contributed by atoms with van der Waals surface area (Å²) in [5, 5.41) is 12.5. The highest BCUT2D eigenvalue weighted by molar-refractivity contribution is 5.44. The molecule has 1 aromatic carbocycles. The van der Waals surface area contributed by atoms with Gasteiger partial charge in [0.1, 0.15) is 5.69 Å². The molecule has 1 aromatic heterocycles. The summed E-state index contributed by atoms with van der Waals surface area (Å²) in [5.41, 5.74) is 1.62. The van der Waals surface area contributed by atoms with Crippen LogP contribution >= 0.6 is 0 Å². The van der Waals surface area contributed by atoms with Crippen molar-refractivity contribution in [1.82, 2.24) is 9.88 Å². The maximum Gasteiger partial charge on any atom is 0.433 e. The first-order valence-corrected chi connectivity index (χ1v) is 8.15. The molecule has 1 atom stereocenters. The first-order valence-electron chi connectivity index (χ1n) is 8.15. The molecule has 1 aliphatic heterocycles. The lowest BCUT2D eigenvalue weighted by Gasteiger charge is -2.15. The number of benzene rings is 1. The largest absolute Gasteiger partial charge is 0.433 e. The van der Waals surface area contributed by atoms with E-state index >= 15 is 0 Å². The van der Waals surface area contributed by atoms with E-state index in [1.807, 2.05) is 24.3 Å². The molecule has 1 fully saturated rings. The van der Waals surface area contributed by atoms with Crippen LogP contribution in [-0.4, -0.2) is 34.2 Å². The summed E-state index contributed by atoms with van der Waals surface area (Å²) in [5.74, 6) is 0. The number of likely N-dealkylation sites (tertiary alicyclic amines) is 1. The zero-order chi connectivity index (χ0) is 17.9. The van der Waals surface area contributed by atoms with Crippen molar-refractivity contribution in [2.45, 2.75) is 31.8 Å². The Labute approximate surface area is 144 Å². The zero-order valence-electron chi connectivity index (χ0n) is 13.6. The van der Waals surface area contributed by atoms with Gasteiger partial charge < -0.3 is 10.4 Å². The van der Waals surface area contributed by atoms with Gasteiger partial charge in [-0.15, -0.1) is 0 Å². The summed E-state index contributed by atoms with van der Waals surface area (Å²) in [7, 11) is 0. The molecule has 2 aromatic rings. The predicted octanol–water partition coefficient (Wildman–Crippen LogP) is 3.28. The van der Waals surface area contributed by atoms with Gasteiger partial charge >= 0.3 is 6.18 Å². The number of aliphatic hydroxyl groups is 1. The van der Waals surface area contributed by atoms with E-state index in [1.54, 1.807) is 0 Å². The van der Waals surface area contributed by atoms with Crippen molar-refractivity contribution in [3.63, 3.8) is 0 Å². The number of anilines is 1. The summed E-state index contributed by atoms with van der Waals surface area (Å²) < 4.78 is 38.0. The van der Waals surface area contributed by atoms with Gasteiger partial charge in [0.2, 0.25) is 0 Å². The number of hydrogen-bond acceptors (Lipinski definition) is 4. The molecule has 2 heterocycles. The molecule has 134 valence electrons. The summed E-state index contributed by atoms with van der Waals surface area (Å²) >= 11 is 0. The number of alkyl halides is 3. The van der Waals surface area contributed by atoms with E-state index in [4.69, 9.17) is 0 Å². The third kappa shape index (κ3) is 4.93. The SMILES string of the molecule is OC1CCN(Cc2ccc(CNc3ccnc(C(F)(F)F)c3)cc2)C1. The molecule has 3 rings (SSSR count). The lowest BCUT2D eigenvalue weighted by atomic mass is 10.1. The van der Waals surface area contributed by atoms with E-state index in [2.05, 4.69) is 15.2 Å². The lowest BCUT2D eigenvalue weighted by molar-refractivity contribution is -0.141. The Morgan fingerprint density at radius 3 is 2.52 bits per heavy atom. The molecule has 1 unspecified atom stereocenters. The van der Waals surface area contributed by atoms with Crippen LogP contribution in [-0.2, 0) is 19.3 Å². The molecule has 1 saturated heterocycles. The summed E-state index contributed by atoms with van der Waals surface area (Å²) in [4.78, 5) is 5.55. The molecule has 4 nitrogen and oxygen atoms in total. The van der Waals surface area contributed by atoms with Crippen LogP contribution in [0.15, 0.2) is 42.6 Å². The average Bonchev–Trinajstić information content (AvgIpc) is 2.99. The van der Waals surface area contributed by atoms with Crippen molar-refractivity contribution >= 4 is 5.69 Å². The normalized spacial score (nSPS) is 18.5. The van der Waals surface area contributed by atoms with Crippen LogP contribution in [0.5, 0.6) is 0 Å². The van der Waals surface area contributed by atoms with Gasteiger partial charge in [-0.25, -0.2) is 0 Å². The molecule has 1 aliphatic rings. The van der Waals surface area contributed by atoms with Gasteiger partial charge in [0.15, 0.2) is 0 Å². The number of β-amino-alcohol motifs (C(OH)–C–C–N with tert-alkyl or cyclic N) is 1. The number of rotatable bonds is 5. The Hall–Kier alpha value is -2.12. The fraction of sp³-hybridized carbons (Fsp3) is 0.389. The Morgan fingerprint density at radius 1 is 1.16 bits per heavy atom. The van der Waals surface area contributed by atoms with Gasteiger partial charge in [0.05, 0.1) is 6.10 Å². The first-order chi connectivity index (χ1) is 11.9. The monoisotopic (exact) mass is 351 g/mol. The van der Waals surface area contributed by atoms with Gasteiger partial charge in [-0.3, -0.25) is 9.88 Å². The summed E-state index contributed by atoms with van der Waals surface area (Å²) in [6, 6.07) is 10.5. The Bertz CT molecular complexity index is 703. The van der Waals surface area contributed by atoms with Crippen LogP contribution in [0.2, 0.25) is 0 Å². The molecular formula is C18H20F3N3O. The summed E-state index contributed by atoms with van der Waals surface area (Å²) in [6.45, 7) is 2.83. The number of pyridine rings is 1. The number of hydrogen-bond donors (Lipinski definition) is 2. The van der Waals surface area contributed by atoms with Crippen LogP contribution in [0.3, 0.4) is 0 Å². The number of nitrogens with zero attached hydrogens (tertiary/aromatic N) is 2. The zero-order valence-corrected chi connectivity index (χ0v) is 13.6. The highest BCUT2D eigenvalue weighted by Gasteiger charge is 2.32. The van der Waals surface area contributed by atoms with Gasteiger partial charge in [0.25, 0.3) is 0 Å². The van der Waals surface area contributed by atoms with Gasteiger partial charge in [-0.1, -0.05) is 24.3 Å². The Kier molecular flexibility index (Phi) is 5.24. The van der Waals surface area contributed by atoms with Gasteiger partial charge in [-0.05, 0) is 29.7 Å². The fourth-order valence-corrected chi connectivity index (χ4v) is 2.88. The molecule has 7 heteroatoms. The Morgan fingerprint density at radius 2 is 1.88 bits per heavy atom. The average molecular weight is 351 g/mol. The number of halogens is 3. The van der Waals surface area contributed by atoms with E-state index in [9.17, 15) is 18.3 Å². The van der Waals surface area contributed by atoms with Crippen molar-refractivity contribution < 1.29 is 18.3 Å². The van der Waals surface area contributed by atoms with Crippen molar-refractivity contribution in [1.29, 1.82) is 0 Å². The third-order valence-corrected chi connectivity index (χ3v) is 4.22. The topological polar surface area (TPSA) is 48.4 Å². The maximum absolute atomic E-state index is 12.7. The third-order valence-electron chi connectivity index (χ3n) is 4.22. The van der Waals surface area contributed by atoms with Crippen LogP contribution in [0.1, 0.15) is 23.2 Å². The van der Waals surface area contributed by atoms with E-state index in [0.717, 1.165) is 42.9 Å². The van der Waals surface area contributed by atoms with Crippen LogP contribution in [0.25, 0.3) is 0 Å². The number of aromatic nitrogens is 1. The van der Waals surface area contributed by atoms with Gasteiger partial charge in [-0.2, -0.15) is 13.2 Å². The van der Waals surface area contributed by atoms with Crippen molar-refractivity contribution in [2.75, 3.05) is 18.4 Å². The molecule has 25 heavy (non-hydrogen) atoms. The second-order valence-electron chi connectivity index (χ2n) is 6.28. The minimum absolute atomic E-state index is 0.231. The van der Waals surface area contributed by atoms with E-state index in [-0.39, 0.29) is 6.10 Å². The van der Waals surface area contributed by atoms with E-state index in [1.165, 1.54) is 6.07 Å². The quantitative estimate of drug-likeness (QED) is 0.868. The highest BCUT2D eigenvalue weighted by Crippen LogP contribution is 2.28. The van der Waals surface area contributed by atoms with E-state index in [0.29, 0.717) is 18.8 Å². The molecule has 0 radical (unpaired) electrons. The molecule has 2 N–H and O–H groups in total. The molecule has 0 aliphatic carbocycles. The van der Waals surface area contributed by atoms with Crippen LogP contribution < -0.4 is 5.32 Å². The van der Waals surface area contributed by atoms with Gasteiger partial charge in [0, 0.05) is 38.1 Å².